The van der Waals surface area contributed by atoms with E-state index in [1.54, 1.807) is 11.3 Å². The fourth-order valence-electron chi connectivity index (χ4n) is 1.96. The van der Waals surface area contributed by atoms with Crippen LogP contribution in [0.15, 0.2) is 28.7 Å². The van der Waals surface area contributed by atoms with Crippen molar-refractivity contribution in [2.45, 2.75) is 19.9 Å². The normalized spacial score (nSPS) is 12.7. The molecule has 19 heavy (non-hydrogen) atoms. The molecule has 1 aromatic carbocycles. The van der Waals surface area contributed by atoms with Gasteiger partial charge in [-0.05, 0) is 53.7 Å². The smallest absolute Gasteiger partial charge is 0.145 e. The van der Waals surface area contributed by atoms with Gasteiger partial charge in [0.1, 0.15) is 11.6 Å². The van der Waals surface area contributed by atoms with E-state index in [2.05, 4.69) is 21.2 Å². The van der Waals surface area contributed by atoms with Crippen LogP contribution in [-0.4, -0.2) is 6.54 Å². The zero-order valence-electron chi connectivity index (χ0n) is 10.6. The Morgan fingerprint density at radius 1 is 1.26 bits per heavy atom. The second-order valence-electron chi connectivity index (χ2n) is 4.20. The Bertz CT molecular complexity index is 583. The fraction of sp³-hybridized carbons (Fsp3) is 0.286. The number of thiophene rings is 1. The second-order valence-corrected chi connectivity index (χ2v) is 6.37. The summed E-state index contributed by atoms with van der Waals surface area (Å²) in [6, 6.07) is 6.08. The number of halogens is 3. The molecule has 0 radical (unpaired) electrons. The molecule has 1 heterocycles. The van der Waals surface area contributed by atoms with Crippen molar-refractivity contribution in [3.8, 4) is 0 Å². The number of hydrogen-bond acceptors (Lipinski definition) is 2. The lowest BCUT2D eigenvalue weighted by molar-refractivity contribution is 0.510. The molecule has 1 atom stereocenters. The maximum atomic E-state index is 14.2. The average molecular weight is 346 g/mol. The summed E-state index contributed by atoms with van der Waals surface area (Å²) < 4.78 is 28.5. The molecule has 0 aliphatic heterocycles. The third-order valence-electron chi connectivity index (χ3n) is 2.82. The molecule has 2 rings (SSSR count). The molecular formula is C14H14BrF2NS. The van der Waals surface area contributed by atoms with Gasteiger partial charge in [0.15, 0.2) is 0 Å². The van der Waals surface area contributed by atoms with Gasteiger partial charge in [-0.15, -0.1) is 11.3 Å². The number of benzene rings is 1. The minimum absolute atomic E-state index is 0.0677. The van der Waals surface area contributed by atoms with E-state index in [-0.39, 0.29) is 10.0 Å². The van der Waals surface area contributed by atoms with Crippen molar-refractivity contribution >= 4 is 27.3 Å². The van der Waals surface area contributed by atoms with Gasteiger partial charge in [0.25, 0.3) is 0 Å². The lowest BCUT2D eigenvalue weighted by Gasteiger charge is -2.19. The van der Waals surface area contributed by atoms with Crippen molar-refractivity contribution in [2.24, 2.45) is 0 Å². The third kappa shape index (κ3) is 3.04. The molecule has 0 amide bonds. The molecule has 5 heteroatoms. The van der Waals surface area contributed by atoms with Crippen LogP contribution < -0.4 is 5.32 Å². The van der Waals surface area contributed by atoms with Crippen LogP contribution >= 0.6 is 27.3 Å². The Hall–Kier alpha value is -0.780. The van der Waals surface area contributed by atoms with E-state index in [9.17, 15) is 8.78 Å². The predicted octanol–water partition coefficient (Wildman–Crippen LogP) is 4.80. The lowest BCUT2D eigenvalue weighted by atomic mass is 10.0. The van der Waals surface area contributed by atoms with Crippen molar-refractivity contribution in [1.29, 1.82) is 0 Å². The highest BCUT2D eigenvalue weighted by Gasteiger charge is 2.24. The highest BCUT2D eigenvalue weighted by atomic mass is 79.9. The van der Waals surface area contributed by atoms with Crippen LogP contribution in [0.25, 0.3) is 0 Å². The Morgan fingerprint density at radius 3 is 2.58 bits per heavy atom. The van der Waals surface area contributed by atoms with Gasteiger partial charge in [-0.2, -0.15) is 0 Å². The van der Waals surface area contributed by atoms with Gasteiger partial charge in [-0.3, -0.25) is 0 Å². The summed E-state index contributed by atoms with van der Waals surface area (Å²) in [5.74, 6) is -1.07. The Balaban J connectivity index is 2.53. The van der Waals surface area contributed by atoms with E-state index in [4.69, 9.17) is 0 Å². The van der Waals surface area contributed by atoms with Crippen LogP contribution in [0.5, 0.6) is 0 Å². The molecule has 0 aliphatic carbocycles. The van der Waals surface area contributed by atoms with Crippen LogP contribution in [0.2, 0.25) is 0 Å². The maximum Gasteiger partial charge on any atom is 0.145 e. The van der Waals surface area contributed by atoms with E-state index in [0.717, 1.165) is 9.75 Å². The van der Waals surface area contributed by atoms with Gasteiger partial charge in [0.2, 0.25) is 0 Å². The molecule has 0 spiro atoms. The lowest BCUT2D eigenvalue weighted by Crippen LogP contribution is -2.23. The van der Waals surface area contributed by atoms with Gasteiger partial charge in [0.05, 0.1) is 10.5 Å². The number of rotatable bonds is 4. The zero-order valence-corrected chi connectivity index (χ0v) is 13.0. The summed E-state index contributed by atoms with van der Waals surface area (Å²) in [5, 5.41) is 3.15. The summed E-state index contributed by atoms with van der Waals surface area (Å²) in [6.07, 6.45) is 0. The van der Waals surface area contributed by atoms with E-state index >= 15 is 0 Å². The molecule has 1 aromatic heterocycles. The van der Waals surface area contributed by atoms with Crippen LogP contribution in [0.4, 0.5) is 8.78 Å². The topological polar surface area (TPSA) is 12.0 Å². The Kier molecular flexibility index (Phi) is 4.71. The quantitative estimate of drug-likeness (QED) is 0.785. The van der Waals surface area contributed by atoms with Gasteiger partial charge < -0.3 is 5.32 Å². The zero-order chi connectivity index (χ0) is 14.0. The van der Waals surface area contributed by atoms with Gasteiger partial charge in [-0.1, -0.05) is 6.92 Å². The third-order valence-corrected chi connectivity index (χ3v) is 4.50. The Morgan fingerprint density at radius 2 is 2.00 bits per heavy atom. The average Bonchev–Trinajstić information content (AvgIpc) is 2.80. The molecule has 2 aromatic rings. The summed E-state index contributed by atoms with van der Waals surface area (Å²) >= 11 is 4.65. The van der Waals surface area contributed by atoms with Gasteiger partial charge in [0, 0.05) is 15.3 Å². The predicted molar refractivity (Wildman–Crippen MR) is 78.6 cm³/mol. The number of nitrogens with one attached hydrogen (secondary N) is 1. The molecule has 102 valence electrons. The van der Waals surface area contributed by atoms with Gasteiger partial charge in [-0.25, -0.2) is 8.78 Å². The number of hydrogen-bond donors (Lipinski definition) is 1. The van der Waals surface area contributed by atoms with Crippen molar-refractivity contribution in [1.82, 2.24) is 5.32 Å². The maximum absolute atomic E-state index is 14.2. The summed E-state index contributed by atoms with van der Waals surface area (Å²) in [5.41, 5.74) is 0.0677. The van der Waals surface area contributed by atoms with Crippen molar-refractivity contribution in [3.05, 3.63) is 55.7 Å². The van der Waals surface area contributed by atoms with E-state index in [0.29, 0.717) is 6.54 Å². The standard InChI is InChI=1S/C14H14BrF2NS/c1-3-18-14(11-7-4-8(2)19-11)12-10(16)6-5-9(15)13(12)17/h4-7,14,18H,3H2,1-2H3. The van der Waals surface area contributed by atoms with E-state index in [1.807, 2.05) is 26.0 Å². The monoisotopic (exact) mass is 345 g/mol. The highest BCUT2D eigenvalue weighted by molar-refractivity contribution is 9.10. The number of aryl methyl sites for hydroxylation is 1. The first-order valence-electron chi connectivity index (χ1n) is 5.97. The highest BCUT2D eigenvalue weighted by Crippen LogP contribution is 2.33. The fourth-order valence-corrected chi connectivity index (χ4v) is 3.27. The largest absolute Gasteiger partial charge is 0.306 e. The van der Waals surface area contributed by atoms with Crippen LogP contribution in [0.3, 0.4) is 0 Å². The van der Waals surface area contributed by atoms with E-state index < -0.39 is 17.7 Å². The van der Waals surface area contributed by atoms with Crippen molar-refractivity contribution in [2.75, 3.05) is 6.54 Å². The van der Waals surface area contributed by atoms with E-state index in [1.165, 1.54) is 12.1 Å². The van der Waals surface area contributed by atoms with Gasteiger partial charge >= 0.3 is 0 Å². The molecule has 1 N–H and O–H groups in total. The van der Waals surface area contributed by atoms with Crippen LogP contribution in [0, 0.1) is 18.6 Å². The van der Waals surface area contributed by atoms with Crippen molar-refractivity contribution in [3.63, 3.8) is 0 Å². The second kappa shape index (κ2) is 6.11. The minimum atomic E-state index is -0.544. The molecular weight excluding hydrogens is 332 g/mol. The first-order valence-corrected chi connectivity index (χ1v) is 7.58. The minimum Gasteiger partial charge on any atom is -0.306 e. The SMILES string of the molecule is CCNC(c1ccc(C)s1)c1c(F)ccc(Br)c1F. The van der Waals surface area contributed by atoms with Crippen molar-refractivity contribution < 1.29 is 8.78 Å². The van der Waals surface area contributed by atoms with Crippen LogP contribution in [0.1, 0.15) is 28.3 Å². The summed E-state index contributed by atoms with van der Waals surface area (Å²) in [7, 11) is 0. The molecule has 0 fully saturated rings. The summed E-state index contributed by atoms with van der Waals surface area (Å²) in [4.78, 5) is 2.03. The molecule has 0 bridgehead atoms. The molecule has 0 saturated heterocycles. The first kappa shape index (κ1) is 14.6. The molecule has 0 aliphatic rings. The Labute approximate surface area is 123 Å². The molecule has 1 unspecified atom stereocenters. The van der Waals surface area contributed by atoms with Crippen LogP contribution in [-0.2, 0) is 0 Å². The summed E-state index contributed by atoms with van der Waals surface area (Å²) in [6.45, 7) is 4.53. The molecule has 0 saturated carbocycles. The first-order chi connectivity index (χ1) is 9.04. The molecule has 1 nitrogen and oxygen atoms in total.